The molecule has 0 spiro atoms. The van der Waals surface area contributed by atoms with Crippen LogP contribution in [0.4, 0.5) is 4.79 Å². The van der Waals surface area contributed by atoms with E-state index in [0.29, 0.717) is 16.2 Å². The Kier molecular flexibility index (Phi) is 6.23. The number of carboxylic acid groups (broad SMARTS) is 1. The number of carbonyl (C=O) groups is 3. The van der Waals surface area contributed by atoms with E-state index < -0.39 is 12.6 Å². The topological polar surface area (TPSA) is 93.1 Å². The van der Waals surface area contributed by atoms with Gasteiger partial charge < -0.3 is 14.6 Å². The first kappa shape index (κ1) is 20.5. The third-order valence-electron chi connectivity index (χ3n) is 4.17. The molecule has 1 saturated heterocycles. The molecule has 7 nitrogen and oxygen atoms in total. The van der Waals surface area contributed by atoms with Crippen molar-refractivity contribution in [2.45, 2.75) is 13.5 Å². The SMILES string of the molecule is COc1cc(/C=C2/SC(=O)N(Cc3ccc(C)cc3)C2=O)ccc1OCC(=O)O. The van der Waals surface area contributed by atoms with Crippen molar-refractivity contribution >= 4 is 35.0 Å². The molecule has 1 aliphatic heterocycles. The Morgan fingerprint density at radius 3 is 2.52 bits per heavy atom. The summed E-state index contributed by atoms with van der Waals surface area (Å²) in [6.07, 6.45) is 1.60. The maximum Gasteiger partial charge on any atom is 0.341 e. The van der Waals surface area contributed by atoms with E-state index in [1.165, 1.54) is 12.0 Å². The molecule has 0 aliphatic carbocycles. The second-order valence-corrected chi connectivity index (χ2v) is 7.34. The molecule has 2 aromatic rings. The standard InChI is InChI=1S/C21H19NO6S/c1-13-3-5-14(6-4-13)11-22-20(25)18(29-21(22)26)10-15-7-8-16(17(9-15)27-2)28-12-19(23)24/h3-10H,11-12H2,1-2H3,(H,23,24)/b18-10+. The van der Waals surface area contributed by atoms with Crippen LogP contribution in [-0.2, 0) is 16.1 Å². The van der Waals surface area contributed by atoms with Gasteiger partial charge in [0.05, 0.1) is 18.6 Å². The van der Waals surface area contributed by atoms with Gasteiger partial charge in [0.2, 0.25) is 0 Å². The molecule has 3 rings (SSSR count). The van der Waals surface area contributed by atoms with Crippen molar-refractivity contribution in [3.05, 3.63) is 64.1 Å². The third kappa shape index (κ3) is 4.97. The van der Waals surface area contributed by atoms with Gasteiger partial charge in [-0.3, -0.25) is 14.5 Å². The summed E-state index contributed by atoms with van der Waals surface area (Å²) in [4.78, 5) is 37.2. The fourth-order valence-electron chi connectivity index (χ4n) is 2.70. The van der Waals surface area contributed by atoms with E-state index in [1.807, 2.05) is 31.2 Å². The van der Waals surface area contributed by atoms with Crippen LogP contribution in [0, 0.1) is 6.92 Å². The number of hydrogen-bond donors (Lipinski definition) is 1. The number of carbonyl (C=O) groups excluding carboxylic acids is 2. The Morgan fingerprint density at radius 2 is 1.86 bits per heavy atom. The number of amides is 2. The highest BCUT2D eigenvalue weighted by molar-refractivity contribution is 8.18. The maximum absolute atomic E-state index is 12.7. The second-order valence-electron chi connectivity index (χ2n) is 6.35. The predicted molar refractivity (Wildman–Crippen MR) is 109 cm³/mol. The molecule has 0 bridgehead atoms. The number of hydrogen-bond acceptors (Lipinski definition) is 6. The van der Waals surface area contributed by atoms with Gasteiger partial charge in [0.25, 0.3) is 11.1 Å². The smallest absolute Gasteiger partial charge is 0.341 e. The number of aliphatic carboxylic acids is 1. The fraction of sp³-hybridized carbons (Fsp3) is 0.190. The van der Waals surface area contributed by atoms with Crippen LogP contribution in [0.25, 0.3) is 6.08 Å². The van der Waals surface area contributed by atoms with Crippen LogP contribution in [-0.4, -0.2) is 40.8 Å². The summed E-state index contributed by atoms with van der Waals surface area (Å²) in [5.74, 6) is -0.845. The van der Waals surface area contributed by atoms with Gasteiger partial charge in [-0.2, -0.15) is 0 Å². The molecule has 0 unspecified atom stereocenters. The Hall–Kier alpha value is -3.26. The van der Waals surface area contributed by atoms with E-state index in [2.05, 4.69) is 0 Å². The first-order valence-electron chi connectivity index (χ1n) is 8.71. The Balaban J connectivity index is 1.78. The molecule has 0 aromatic heterocycles. The predicted octanol–water partition coefficient (Wildman–Crippen LogP) is 3.70. The average Bonchev–Trinajstić information content (AvgIpc) is 2.95. The first-order chi connectivity index (χ1) is 13.9. The van der Waals surface area contributed by atoms with Crippen molar-refractivity contribution in [3.63, 3.8) is 0 Å². The van der Waals surface area contributed by atoms with Crippen molar-refractivity contribution in [3.8, 4) is 11.5 Å². The number of thioether (sulfide) groups is 1. The van der Waals surface area contributed by atoms with E-state index in [1.54, 1.807) is 24.3 Å². The molecule has 1 fully saturated rings. The van der Waals surface area contributed by atoms with Crippen LogP contribution in [0.3, 0.4) is 0 Å². The van der Waals surface area contributed by atoms with Gasteiger partial charge in [-0.05, 0) is 48.0 Å². The zero-order valence-corrected chi connectivity index (χ0v) is 16.7. The van der Waals surface area contributed by atoms with Crippen molar-refractivity contribution in [1.29, 1.82) is 0 Å². The minimum Gasteiger partial charge on any atom is -0.493 e. The molecular weight excluding hydrogens is 394 g/mol. The quantitative estimate of drug-likeness (QED) is 0.692. The van der Waals surface area contributed by atoms with Crippen molar-refractivity contribution < 1.29 is 29.0 Å². The normalized spacial score (nSPS) is 15.1. The Labute approximate surface area is 171 Å². The lowest BCUT2D eigenvalue weighted by Crippen LogP contribution is -2.27. The van der Waals surface area contributed by atoms with E-state index in [0.717, 1.165) is 22.9 Å². The van der Waals surface area contributed by atoms with Crippen LogP contribution < -0.4 is 9.47 Å². The van der Waals surface area contributed by atoms with Gasteiger partial charge >= 0.3 is 5.97 Å². The van der Waals surface area contributed by atoms with E-state index in [9.17, 15) is 14.4 Å². The van der Waals surface area contributed by atoms with Gasteiger partial charge in [-0.1, -0.05) is 35.9 Å². The number of benzene rings is 2. The van der Waals surface area contributed by atoms with Crippen molar-refractivity contribution in [2.24, 2.45) is 0 Å². The minimum absolute atomic E-state index is 0.216. The molecule has 150 valence electrons. The largest absolute Gasteiger partial charge is 0.493 e. The molecule has 0 radical (unpaired) electrons. The molecule has 0 saturated carbocycles. The van der Waals surface area contributed by atoms with Gasteiger partial charge in [-0.15, -0.1) is 0 Å². The van der Waals surface area contributed by atoms with E-state index >= 15 is 0 Å². The highest BCUT2D eigenvalue weighted by Gasteiger charge is 2.35. The molecule has 8 heteroatoms. The van der Waals surface area contributed by atoms with E-state index in [4.69, 9.17) is 14.6 Å². The lowest BCUT2D eigenvalue weighted by atomic mass is 10.1. The summed E-state index contributed by atoms with van der Waals surface area (Å²) in [5, 5.41) is 8.40. The molecule has 1 N–H and O–H groups in total. The summed E-state index contributed by atoms with van der Waals surface area (Å²) in [7, 11) is 1.43. The highest BCUT2D eigenvalue weighted by Crippen LogP contribution is 2.35. The summed E-state index contributed by atoms with van der Waals surface area (Å²) >= 11 is 0.880. The number of carboxylic acids is 1. The van der Waals surface area contributed by atoms with Gasteiger partial charge in [0.1, 0.15) is 0 Å². The van der Waals surface area contributed by atoms with Gasteiger partial charge in [0.15, 0.2) is 18.1 Å². The molecule has 0 atom stereocenters. The molecule has 29 heavy (non-hydrogen) atoms. The molecule has 1 heterocycles. The summed E-state index contributed by atoms with van der Waals surface area (Å²) in [6, 6.07) is 12.5. The number of ether oxygens (including phenoxy) is 2. The third-order valence-corrected chi connectivity index (χ3v) is 5.08. The molecule has 1 aliphatic rings. The number of imide groups is 1. The van der Waals surface area contributed by atoms with Gasteiger partial charge in [-0.25, -0.2) is 4.79 Å². The lowest BCUT2D eigenvalue weighted by Gasteiger charge is -2.12. The second kappa shape index (κ2) is 8.83. The zero-order valence-electron chi connectivity index (χ0n) is 15.9. The number of methoxy groups -OCH3 is 1. The number of nitrogens with zero attached hydrogens (tertiary/aromatic N) is 1. The van der Waals surface area contributed by atoms with E-state index in [-0.39, 0.29) is 23.4 Å². The van der Waals surface area contributed by atoms with Crippen molar-refractivity contribution in [1.82, 2.24) is 4.90 Å². The van der Waals surface area contributed by atoms with Crippen LogP contribution in [0.5, 0.6) is 11.5 Å². The van der Waals surface area contributed by atoms with Crippen LogP contribution >= 0.6 is 11.8 Å². The Morgan fingerprint density at radius 1 is 1.14 bits per heavy atom. The molecular formula is C21H19NO6S. The summed E-state index contributed by atoms with van der Waals surface area (Å²) in [6.45, 7) is 1.69. The van der Waals surface area contributed by atoms with Crippen LogP contribution in [0.1, 0.15) is 16.7 Å². The summed E-state index contributed by atoms with van der Waals surface area (Å²) < 4.78 is 10.4. The summed E-state index contributed by atoms with van der Waals surface area (Å²) in [5.41, 5.74) is 2.61. The fourth-order valence-corrected chi connectivity index (χ4v) is 3.53. The zero-order chi connectivity index (χ0) is 21.0. The average molecular weight is 413 g/mol. The number of aryl methyl sites for hydroxylation is 1. The lowest BCUT2D eigenvalue weighted by molar-refractivity contribution is -0.139. The van der Waals surface area contributed by atoms with Crippen LogP contribution in [0.15, 0.2) is 47.4 Å². The first-order valence-corrected chi connectivity index (χ1v) is 9.52. The monoisotopic (exact) mass is 413 g/mol. The Bertz CT molecular complexity index is 983. The van der Waals surface area contributed by atoms with Crippen molar-refractivity contribution in [2.75, 3.05) is 13.7 Å². The highest BCUT2D eigenvalue weighted by atomic mass is 32.2. The van der Waals surface area contributed by atoms with Crippen LogP contribution in [0.2, 0.25) is 0 Å². The maximum atomic E-state index is 12.7. The molecule has 2 amide bonds. The van der Waals surface area contributed by atoms with Gasteiger partial charge in [0, 0.05) is 0 Å². The minimum atomic E-state index is -1.10. The number of rotatable bonds is 7. The molecule has 2 aromatic carbocycles.